The monoisotopic (exact) mass is 354 g/mol. The normalized spacial score (nSPS) is 10.5. The number of hydrogen-bond acceptors (Lipinski definition) is 1. The Morgan fingerprint density at radius 2 is 1.36 bits per heavy atom. The van der Waals surface area contributed by atoms with E-state index in [9.17, 15) is 8.78 Å². The first kappa shape index (κ1) is 17.0. The van der Waals surface area contributed by atoms with Crippen molar-refractivity contribution in [1.82, 2.24) is 5.32 Å². The molecule has 3 aromatic rings. The molecule has 0 bridgehead atoms. The maximum atomic E-state index is 13.8. The minimum atomic E-state index is -0.694. The highest BCUT2D eigenvalue weighted by molar-refractivity contribution is 7.80. The van der Waals surface area contributed by atoms with Gasteiger partial charge >= 0.3 is 0 Å². The molecule has 5 heteroatoms. The number of anilines is 1. The van der Waals surface area contributed by atoms with Crippen molar-refractivity contribution in [2.45, 2.75) is 6.04 Å². The molecule has 25 heavy (non-hydrogen) atoms. The number of nitrogens with one attached hydrogen (secondary N) is 2. The predicted molar refractivity (Wildman–Crippen MR) is 100 cm³/mol. The van der Waals surface area contributed by atoms with Crippen molar-refractivity contribution in [2.24, 2.45) is 0 Å². The molecule has 0 aliphatic carbocycles. The Morgan fingerprint density at radius 3 is 1.88 bits per heavy atom. The van der Waals surface area contributed by atoms with Gasteiger partial charge in [0.1, 0.15) is 11.6 Å². The maximum Gasteiger partial charge on any atom is 0.171 e. The second-order valence-electron chi connectivity index (χ2n) is 5.48. The molecule has 0 heterocycles. The van der Waals surface area contributed by atoms with E-state index < -0.39 is 11.6 Å². The van der Waals surface area contributed by atoms with Crippen molar-refractivity contribution in [3.05, 3.63) is 102 Å². The van der Waals surface area contributed by atoms with E-state index in [1.54, 1.807) is 0 Å². The first-order valence-corrected chi connectivity index (χ1v) is 8.17. The van der Waals surface area contributed by atoms with Crippen LogP contribution in [0.2, 0.25) is 0 Å². The van der Waals surface area contributed by atoms with Crippen LogP contribution in [0.1, 0.15) is 17.2 Å². The largest absolute Gasteiger partial charge is 0.352 e. The summed E-state index contributed by atoms with van der Waals surface area (Å²) in [6, 6.07) is 22.8. The lowest BCUT2D eigenvalue weighted by atomic mass is 9.99. The number of thiocarbonyl (C=S) groups is 1. The third-order valence-corrected chi connectivity index (χ3v) is 3.94. The van der Waals surface area contributed by atoms with Crippen LogP contribution in [0.5, 0.6) is 0 Å². The number of hydrogen-bond donors (Lipinski definition) is 2. The highest BCUT2D eigenvalue weighted by atomic mass is 32.1. The van der Waals surface area contributed by atoms with E-state index in [2.05, 4.69) is 10.6 Å². The first-order valence-electron chi connectivity index (χ1n) is 7.76. The molecule has 3 rings (SSSR count). The summed E-state index contributed by atoms with van der Waals surface area (Å²) >= 11 is 5.32. The molecular weight excluding hydrogens is 338 g/mol. The van der Waals surface area contributed by atoms with E-state index in [0.717, 1.165) is 17.2 Å². The molecule has 0 saturated heterocycles. The molecule has 0 amide bonds. The molecule has 0 fully saturated rings. The second kappa shape index (κ2) is 7.85. The summed E-state index contributed by atoms with van der Waals surface area (Å²) in [6.07, 6.45) is 0. The Kier molecular flexibility index (Phi) is 5.36. The predicted octanol–water partition coefficient (Wildman–Crippen LogP) is 5.04. The summed E-state index contributed by atoms with van der Waals surface area (Å²) in [4.78, 5) is 0. The van der Waals surface area contributed by atoms with Crippen LogP contribution in [0.25, 0.3) is 0 Å². The van der Waals surface area contributed by atoms with Crippen LogP contribution in [0.15, 0.2) is 78.9 Å². The average molecular weight is 354 g/mol. The van der Waals surface area contributed by atoms with Gasteiger partial charge in [-0.05, 0) is 35.5 Å². The standard InChI is InChI=1S/C20H16F2N2S/c21-16-11-12-18(17(22)13-16)23-20(25)24-19(14-7-3-1-4-8-14)15-9-5-2-6-10-15/h1-13,19H,(H2,23,24,25). The molecule has 0 aromatic heterocycles. The van der Waals surface area contributed by atoms with Gasteiger partial charge in [-0.1, -0.05) is 60.7 Å². The fourth-order valence-electron chi connectivity index (χ4n) is 2.53. The Labute approximate surface area is 150 Å². The van der Waals surface area contributed by atoms with Gasteiger partial charge < -0.3 is 10.6 Å². The van der Waals surface area contributed by atoms with Crippen LogP contribution in [0.3, 0.4) is 0 Å². The van der Waals surface area contributed by atoms with Gasteiger partial charge in [0.15, 0.2) is 5.11 Å². The van der Waals surface area contributed by atoms with Crippen molar-refractivity contribution in [3.63, 3.8) is 0 Å². The van der Waals surface area contributed by atoms with Gasteiger partial charge in [0.05, 0.1) is 11.7 Å². The Balaban J connectivity index is 1.82. The number of benzene rings is 3. The van der Waals surface area contributed by atoms with Crippen molar-refractivity contribution in [2.75, 3.05) is 5.32 Å². The van der Waals surface area contributed by atoms with Crippen LogP contribution < -0.4 is 10.6 Å². The van der Waals surface area contributed by atoms with E-state index >= 15 is 0 Å². The molecule has 0 aliphatic rings. The van der Waals surface area contributed by atoms with Gasteiger partial charge in [0, 0.05) is 6.07 Å². The fourth-order valence-corrected chi connectivity index (χ4v) is 2.76. The maximum absolute atomic E-state index is 13.8. The summed E-state index contributed by atoms with van der Waals surface area (Å²) < 4.78 is 26.8. The molecule has 0 radical (unpaired) electrons. The zero-order chi connectivity index (χ0) is 17.6. The van der Waals surface area contributed by atoms with Gasteiger partial charge in [0.2, 0.25) is 0 Å². The molecule has 2 nitrogen and oxygen atoms in total. The van der Waals surface area contributed by atoms with E-state index in [1.807, 2.05) is 60.7 Å². The summed E-state index contributed by atoms with van der Waals surface area (Å²) in [6.45, 7) is 0. The lowest BCUT2D eigenvalue weighted by Crippen LogP contribution is -2.33. The molecule has 0 unspecified atom stereocenters. The zero-order valence-electron chi connectivity index (χ0n) is 13.2. The molecule has 0 saturated carbocycles. The smallest absolute Gasteiger partial charge is 0.171 e. The van der Waals surface area contributed by atoms with Gasteiger partial charge in [-0.25, -0.2) is 8.78 Å². The van der Waals surface area contributed by atoms with Gasteiger partial charge in [-0.3, -0.25) is 0 Å². The third-order valence-electron chi connectivity index (χ3n) is 3.72. The average Bonchev–Trinajstić information content (AvgIpc) is 2.63. The van der Waals surface area contributed by atoms with Gasteiger partial charge in [-0.2, -0.15) is 0 Å². The van der Waals surface area contributed by atoms with Crippen LogP contribution in [0.4, 0.5) is 14.5 Å². The fraction of sp³-hybridized carbons (Fsp3) is 0.0500. The summed E-state index contributed by atoms with van der Waals surface area (Å²) in [7, 11) is 0. The topological polar surface area (TPSA) is 24.1 Å². The van der Waals surface area contributed by atoms with E-state index in [0.29, 0.717) is 0 Å². The lowest BCUT2D eigenvalue weighted by molar-refractivity contribution is 0.586. The van der Waals surface area contributed by atoms with Crippen molar-refractivity contribution in [3.8, 4) is 0 Å². The van der Waals surface area contributed by atoms with Crippen molar-refractivity contribution < 1.29 is 8.78 Å². The summed E-state index contributed by atoms with van der Waals surface area (Å²) in [5.74, 6) is -1.33. The van der Waals surface area contributed by atoms with E-state index in [4.69, 9.17) is 12.2 Å². The van der Waals surface area contributed by atoms with Gasteiger partial charge in [0.25, 0.3) is 0 Å². The lowest BCUT2D eigenvalue weighted by Gasteiger charge is -2.22. The molecule has 0 spiro atoms. The third kappa shape index (κ3) is 4.39. The Morgan fingerprint density at radius 1 is 0.800 bits per heavy atom. The number of halogens is 2. The molecule has 0 aliphatic heterocycles. The first-order chi connectivity index (χ1) is 12.1. The molecule has 2 N–H and O–H groups in total. The molecule has 0 atom stereocenters. The SMILES string of the molecule is Fc1ccc(NC(=S)NC(c2ccccc2)c2ccccc2)c(F)c1. The van der Waals surface area contributed by atoms with Crippen molar-refractivity contribution in [1.29, 1.82) is 0 Å². The minimum Gasteiger partial charge on any atom is -0.352 e. The second-order valence-corrected chi connectivity index (χ2v) is 5.89. The van der Waals surface area contributed by atoms with Crippen LogP contribution in [-0.4, -0.2) is 5.11 Å². The van der Waals surface area contributed by atoms with E-state index in [1.165, 1.54) is 12.1 Å². The Hall–Kier alpha value is -2.79. The van der Waals surface area contributed by atoms with Crippen LogP contribution in [0, 0.1) is 11.6 Å². The van der Waals surface area contributed by atoms with Crippen LogP contribution in [-0.2, 0) is 0 Å². The van der Waals surface area contributed by atoms with Crippen LogP contribution >= 0.6 is 12.2 Å². The minimum absolute atomic E-state index is 0.124. The van der Waals surface area contributed by atoms with Gasteiger partial charge in [-0.15, -0.1) is 0 Å². The molecular formula is C20H16F2N2S. The highest BCUT2D eigenvalue weighted by Gasteiger charge is 2.15. The Bertz CT molecular complexity index is 815. The zero-order valence-corrected chi connectivity index (χ0v) is 14.1. The molecule has 126 valence electrons. The molecule has 3 aromatic carbocycles. The number of rotatable bonds is 4. The quantitative estimate of drug-likeness (QED) is 0.642. The van der Waals surface area contributed by atoms with Crippen molar-refractivity contribution >= 4 is 23.0 Å². The summed E-state index contributed by atoms with van der Waals surface area (Å²) in [5.41, 5.74) is 2.17. The van der Waals surface area contributed by atoms with E-state index in [-0.39, 0.29) is 16.8 Å². The summed E-state index contributed by atoms with van der Waals surface area (Å²) in [5, 5.41) is 6.24. The highest BCUT2D eigenvalue weighted by Crippen LogP contribution is 2.22.